The fraction of sp³-hybridized carbons (Fsp3) is 0.793. The zero-order valence-corrected chi connectivity index (χ0v) is 21.4. The fourth-order valence-electron chi connectivity index (χ4n) is 7.63. The Bertz CT molecular complexity index is 766. The Kier molecular flexibility index (Phi) is 7.46. The lowest BCUT2D eigenvalue weighted by molar-refractivity contribution is -0.0916. The van der Waals surface area contributed by atoms with E-state index in [1.165, 1.54) is 90.6 Å². The number of ether oxygens (including phenoxy) is 1. The van der Waals surface area contributed by atoms with E-state index in [1.807, 2.05) is 7.11 Å². The van der Waals surface area contributed by atoms with Crippen molar-refractivity contribution in [1.29, 1.82) is 0 Å². The molecule has 4 aliphatic rings. The summed E-state index contributed by atoms with van der Waals surface area (Å²) < 4.78 is 5.63. The number of nitrogens with one attached hydrogen (secondary N) is 1. The Morgan fingerprint density at radius 1 is 1.00 bits per heavy atom. The van der Waals surface area contributed by atoms with Crippen LogP contribution in [0.2, 0.25) is 0 Å². The van der Waals surface area contributed by atoms with Crippen molar-refractivity contribution >= 4 is 0 Å². The van der Waals surface area contributed by atoms with Crippen LogP contribution in [0.3, 0.4) is 0 Å². The van der Waals surface area contributed by atoms with Gasteiger partial charge in [0.2, 0.25) is 0 Å². The maximum atomic E-state index is 5.63. The van der Waals surface area contributed by atoms with Crippen molar-refractivity contribution in [3.63, 3.8) is 0 Å². The van der Waals surface area contributed by atoms with Crippen LogP contribution in [0.25, 0.3) is 0 Å². The average molecular weight is 454 g/mol. The lowest BCUT2D eigenvalue weighted by atomic mass is 9.58. The van der Waals surface area contributed by atoms with Crippen molar-refractivity contribution in [3.8, 4) is 0 Å². The summed E-state index contributed by atoms with van der Waals surface area (Å²) in [7, 11) is 1.89. The van der Waals surface area contributed by atoms with E-state index in [-0.39, 0.29) is 0 Å². The highest BCUT2D eigenvalue weighted by Crippen LogP contribution is 2.53. The molecule has 0 amide bonds. The molecule has 2 saturated heterocycles. The molecule has 2 unspecified atom stereocenters. The van der Waals surface area contributed by atoms with Crippen LogP contribution in [0.5, 0.6) is 0 Å². The van der Waals surface area contributed by atoms with Gasteiger partial charge in [0.05, 0.1) is 6.10 Å². The number of nitrogens with zero attached hydrogens (tertiary/aromatic N) is 2. The second-order valence-electron chi connectivity index (χ2n) is 11.8. The predicted molar refractivity (Wildman–Crippen MR) is 137 cm³/mol. The zero-order chi connectivity index (χ0) is 22.8. The third kappa shape index (κ3) is 4.91. The molecule has 1 spiro atoms. The normalized spacial score (nSPS) is 33.3. The molecule has 4 heteroatoms. The van der Waals surface area contributed by atoms with Gasteiger partial charge in [0.15, 0.2) is 0 Å². The van der Waals surface area contributed by atoms with Crippen LogP contribution in [0, 0.1) is 11.3 Å². The van der Waals surface area contributed by atoms with Gasteiger partial charge < -0.3 is 10.1 Å². The number of methoxy groups -OCH3 is 1. The Hall–Kier alpha value is -0.940. The second kappa shape index (κ2) is 10.4. The quantitative estimate of drug-likeness (QED) is 0.640. The maximum absolute atomic E-state index is 5.63. The first kappa shape index (κ1) is 23.8. The van der Waals surface area contributed by atoms with Gasteiger partial charge in [-0.1, -0.05) is 38.1 Å². The average Bonchev–Trinajstić information content (AvgIpc) is 2.85. The highest BCUT2D eigenvalue weighted by molar-refractivity contribution is 5.33. The van der Waals surface area contributed by atoms with Crippen LogP contribution in [-0.4, -0.2) is 68.3 Å². The number of hydrogen-bond donors (Lipinski definition) is 1. The molecule has 0 bridgehead atoms. The molecule has 0 radical (unpaired) electrons. The van der Waals surface area contributed by atoms with Gasteiger partial charge in [-0.05, 0) is 92.8 Å². The molecule has 0 aromatic heterocycles. The molecule has 2 aliphatic carbocycles. The van der Waals surface area contributed by atoms with Gasteiger partial charge in [-0.3, -0.25) is 9.80 Å². The third-order valence-corrected chi connectivity index (χ3v) is 9.75. The van der Waals surface area contributed by atoms with Gasteiger partial charge in [-0.2, -0.15) is 0 Å². The summed E-state index contributed by atoms with van der Waals surface area (Å²) in [6.45, 7) is 12.1. The van der Waals surface area contributed by atoms with Crippen LogP contribution in [0.1, 0.15) is 88.3 Å². The minimum absolute atomic E-state index is 0.503. The van der Waals surface area contributed by atoms with Gasteiger partial charge >= 0.3 is 0 Å². The molecule has 5 rings (SSSR count). The Morgan fingerprint density at radius 2 is 1.76 bits per heavy atom. The van der Waals surface area contributed by atoms with Gasteiger partial charge in [-0.15, -0.1) is 0 Å². The van der Waals surface area contributed by atoms with Crippen molar-refractivity contribution < 1.29 is 4.74 Å². The van der Waals surface area contributed by atoms with Gasteiger partial charge in [0, 0.05) is 45.4 Å². The molecule has 2 atom stereocenters. The lowest BCUT2D eigenvalue weighted by Gasteiger charge is -2.60. The fourth-order valence-corrected chi connectivity index (χ4v) is 7.63. The summed E-state index contributed by atoms with van der Waals surface area (Å²) in [5, 5.41) is 3.62. The van der Waals surface area contributed by atoms with Crippen LogP contribution >= 0.6 is 0 Å². The first-order valence-corrected chi connectivity index (χ1v) is 13.9. The number of rotatable bonds is 6. The van der Waals surface area contributed by atoms with E-state index in [0.717, 1.165) is 12.0 Å². The minimum Gasteiger partial charge on any atom is -0.381 e. The summed E-state index contributed by atoms with van der Waals surface area (Å²) in [6, 6.07) is 10.7. The SMILES string of the molecule is COC1CCC(CN2CCN(C3CCC34CCNCC4)C(c3ccccc3C(C)C)C2)CC1. The second-order valence-corrected chi connectivity index (χ2v) is 11.8. The first-order valence-electron chi connectivity index (χ1n) is 13.9. The highest BCUT2D eigenvalue weighted by Gasteiger charge is 2.52. The molecule has 1 N–H and O–H groups in total. The van der Waals surface area contributed by atoms with E-state index in [1.54, 1.807) is 11.1 Å². The molecule has 2 saturated carbocycles. The van der Waals surface area contributed by atoms with Gasteiger partial charge in [0.1, 0.15) is 0 Å². The third-order valence-electron chi connectivity index (χ3n) is 9.75. The molecular weight excluding hydrogens is 406 g/mol. The van der Waals surface area contributed by atoms with Crippen molar-refractivity contribution in [1.82, 2.24) is 15.1 Å². The lowest BCUT2D eigenvalue weighted by Crippen LogP contribution is -2.63. The highest BCUT2D eigenvalue weighted by atomic mass is 16.5. The van der Waals surface area contributed by atoms with Crippen LogP contribution < -0.4 is 5.32 Å². The molecule has 1 aromatic carbocycles. The maximum Gasteiger partial charge on any atom is 0.0571 e. The molecule has 4 fully saturated rings. The number of benzene rings is 1. The largest absolute Gasteiger partial charge is 0.381 e. The minimum atomic E-state index is 0.503. The number of piperidine rings is 1. The van der Waals surface area contributed by atoms with Crippen molar-refractivity contribution in [2.24, 2.45) is 11.3 Å². The van der Waals surface area contributed by atoms with E-state index in [4.69, 9.17) is 4.74 Å². The monoisotopic (exact) mass is 453 g/mol. The Morgan fingerprint density at radius 3 is 2.42 bits per heavy atom. The summed E-state index contributed by atoms with van der Waals surface area (Å²) in [6.07, 6.45) is 11.3. The van der Waals surface area contributed by atoms with Crippen LogP contribution in [0.15, 0.2) is 24.3 Å². The van der Waals surface area contributed by atoms with Crippen molar-refractivity contribution in [2.45, 2.75) is 89.3 Å². The Labute approximate surface area is 202 Å². The van der Waals surface area contributed by atoms with Crippen molar-refractivity contribution in [2.75, 3.05) is 46.4 Å². The molecular formula is C29H47N3O. The molecule has 184 valence electrons. The summed E-state index contributed by atoms with van der Waals surface area (Å²) in [5.74, 6) is 1.43. The van der Waals surface area contributed by atoms with E-state index in [9.17, 15) is 0 Å². The number of piperazine rings is 1. The van der Waals surface area contributed by atoms with E-state index >= 15 is 0 Å². The summed E-state index contributed by atoms with van der Waals surface area (Å²) >= 11 is 0. The van der Waals surface area contributed by atoms with Gasteiger partial charge in [0.25, 0.3) is 0 Å². The zero-order valence-electron chi connectivity index (χ0n) is 21.4. The molecule has 1 aromatic rings. The van der Waals surface area contributed by atoms with Crippen LogP contribution in [-0.2, 0) is 4.74 Å². The summed E-state index contributed by atoms with van der Waals surface area (Å²) in [4.78, 5) is 5.80. The molecule has 2 aliphatic heterocycles. The van der Waals surface area contributed by atoms with E-state index in [0.29, 0.717) is 23.5 Å². The Balaban J connectivity index is 1.35. The predicted octanol–water partition coefficient (Wildman–Crippen LogP) is 5.21. The van der Waals surface area contributed by atoms with Crippen LogP contribution in [0.4, 0.5) is 0 Å². The summed E-state index contributed by atoms with van der Waals surface area (Å²) in [5.41, 5.74) is 3.75. The van der Waals surface area contributed by atoms with Crippen molar-refractivity contribution in [3.05, 3.63) is 35.4 Å². The number of hydrogen-bond acceptors (Lipinski definition) is 4. The topological polar surface area (TPSA) is 27.7 Å². The molecule has 2 heterocycles. The smallest absolute Gasteiger partial charge is 0.0571 e. The molecule has 33 heavy (non-hydrogen) atoms. The van der Waals surface area contributed by atoms with E-state index in [2.05, 4.69) is 53.2 Å². The van der Waals surface area contributed by atoms with Gasteiger partial charge in [-0.25, -0.2) is 0 Å². The standard InChI is InChI=1S/C29H47N3O/c1-22(2)25-6-4-5-7-26(25)27-21-31(20-23-8-10-24(33-3)11-9-23)18-19-32(27)28-12-13-29(28)14-16-30-17-15-29/h4-7,22-24,27-28,30H,8-21H2,1-3H3. The van der Waals surface area contributed by atoms with E-state index < -0.39 is 0 Å². The molecule has 4 nitrogen and oxygen atoms in total. The first-order chi connectivity index (χ1) is 16.1.